The van der Waals surface area contributed by atoms with Crippen LogP contribution in [0.5, 0.6) is 0 Å². The highest BCUT2D eigenvalue weighted by Gasteiger charge is 2.12. The van der Waals surface area contributed by atoms with E-state index in [2.05, 4.69) is 15.0 Å². The topological polar surface area (TPSA) is 77.6 Å². The van der Waals surface area contributed by atoms with Crippen LogP contribution >= 0.6 is 11.3 Å². The molecule has 0 radical (unpaired) electrons. The highest BCUT2D eigenvalue weighted by atomic mass is 32.1. The summed E-state index contributed by atoms with van der Waals surface area (Å²) in [7, 11) is 1.38. The zero-order chi connectivity index (χ0) is 9.84. The second-order valence-corrected chi connectivity index (χ2v) is 3.30. The van der Waals surface area contributed by atoms with Crippen molar-refractivity contribution in [1.29, 1.82) is 0 Å². The minimum atomic E-state index is -0.175. The molecular formula is C7H9N3O2S. The average Bonchev–Trinajstić information content (AvgIpc) is 2.46. The van der Waals surface area contributed by atoms with Crippen LogP contribution in [0.15, 0.2) is 11.4 Å². The summed E-state index contributed by atoms with van der Waals surface area (Å²) < 4.78 is 0. The molecule has 0 aromatic carbocycles. The quantitative estimate of drug-likeness (QED) is 0.573. The fourth-order valence-electron chi connectivity index (χ4n) is 0.771. The molecule has 0 saturated carbocycles. The minimum Gasteiger partial charge on any atom is -0.399 e. The van der Waals surface area contributed by atoms with Crippen molar-refractivity contribution in [1.82, 2.24) is 4.98 Å². The summed E-state index contributed by atoms with van der Waals surface area (Å²) in [6.07, 6.45) is 1.50. The van der Waals surface area contributed by atoms with Gasteiger partial charge in [0, 0.05) is 13.1 Å². The summed E-state index contributed by atoms with van der Waals surface area (Å²) in [5.41, 5.74) is 5.66. The molecule has 1 aromatic rings. The van der Waals surface area contributed by atoms with Gasteiger partial charge in [-0.25, -0.2) is 4.98 Å². The lowest BCUT2D eigenvalue weighted by Gasteiger charge is -1.95. The van der Waals surface area contributed by atoms with Crippen LogP contribution in [-0.4, -0.2) is 23.6 Å². The first-order chi connectivity index (χ1) is 6.15. The fourth-order valence-corrected chi connectivity index (χ4v) is 1.48. The Morgan fingerprint density at radius 3 is 2.85 bits per heavy atom. The Morgan fingerprint density at radius 1 is 1.77 bits per heavy atom. The van der Waals surface area contributed by atoms with Gasteiger partial charge >= 0.3 is 0 Å². The Labute approximate surface area is 79.2 Å². The molecule has 0 spiro atoms. The molecule has 6 heteroatoms. The third-order valence-corrected chi connectivity index (χ3v) is 2.11. The van der Waals surface area contributed by atoms with Crippen molar-refractivity contribution in [2.45, 2.75) is 6.92 Å². The van der Waals surface area contributed by atoms with Crippen molar-refractivity contribution in [2.24, 2.45) is 5.16 Å². The molecule has 0 saturated heterocycles. The molecule has 5 nitrogen and oxygen atoms in total. The van der Waals surface area contributed by atoms with Gasteiger partial charge < -0.3 is 10.6 Å². The smallest absolute Gasteiger partial charge is 0.183 e. The molecule has 0 aliphatic heterocycles. The molecule has 1 heterocycles. The van der Waals surface area contributed by atoms with Gasteiger partial charge in [0.2, 0.25) is 0 Å². The van der Waals surface area contributed by atoms with Gasteiger partial charge in [-0.3, -0.25) is 4.79 Å². The van der Waals surface area contributed by atoms with Crippen molar-refractivity contribution >= 4 is 28.0 Å². The molecule has 0 unspecified atom stereocenters. The number of ketones is 1. The number of nitrogen functional groups attached to an aromatic ring is 1. The Kier molecular flexibility index (Phi) is 2.97. The zero-order valence-corrected chi connectivity index (χ0v) is 8.09. The van der Waals surface area contributed by atoms with E-state index in [9.17, 15) is 4.79 Å². The van der Waals surface area contributed by atoms with Crippen LogP contribution in [0.2, 0.25) is 0 Å². The normalized spacial score (nSPS) is 11.4. The average molecular weight is 199 g/mol. The molecule has 0 fully saturated rings. The van der Waals surface area contributed by atoms with Crippen molar-refractivity contribution in [3.05, 3.63) is 11.1 Å². The first-order valence-corrected chi connectivity index (χ1v) is 4.30. The number of rotatable bonds is 3. The van der Waals surface area contributed by atoms with Gasteiger partial charge in [-0.15, -0.1) is 0 Å². The number of thiazole rings is 1. The van der Waals surface area contributed by atoms with Crippen LogP contribution in [0.4, 0.5) is 5.13 Å². The van der Waals surface area contributed by atoms with Crippen molar-refractivity contribution in [2.75, 3.05) is 12.8 Å². The largest absolute Gasteiger partial charge is 0.399 e. The van der Waals surface area contributed by atoms with E-state index in [1.54, 1.807) is 0 Å². The Hall–Kier alpha value is -1.43. The number of hydrogen-bond donors (Lipinski definition) is 1. The fraction of sp³-hybridized carbons (Fsp3) is 0.286. The predicted molar refractivity (Wildman–Crippen MR) is 50.8 cm³/mol. The highest BCUT2D eigenvalue weighted by molar-refractivity contribution is 7.18. The van der Waals surface area contributed by atoms with Crippen molar-refractivity contribution in [3.63, 3.8) is 0 Å². The maximum Gasteiger partial charge on any atom is 0.183 e. The van der Waals surface area contributed by atoms with E-state index in [4.69, 9.17) is 5.73 Å². The number of anilines is 1. The predicted octanol–water partition coefficient (Wildman–Crippen LogP) is 0.665. The molecule has 70 valence electrons. The number of carbonyl (C=O) groups excluding carboxylic acids is 1. The second kappa shape index (κ2) is 3.99. The molecule has 0 atom stereocenters. The van der Waals surface area contributed by atoms with Crippen molar-refractivity contribution in [3.8, 4) is 0 Å². The first-order valence-electron chi connectivity index (χ1n) is 3.49. The summed E-state index contributed by atoms with van der Waals surface area (Å²) in [6, 6.07) is 0. The maximum atomic E-state index is 11.1. The van der Waals surface area contributed by atoms with Crippen LogP contribution in [0.1, 0.15) is 11.8 Å². The number of hydrogen-bond acceptors (Lipinski definition) is 6. The van der Waals surface area contributed by atoms with Gasteiger partial charge in [0.25, 0.3) is 0 Å². The van der Waals surface area contributed by atoms with Gasteiger partial charge in [0.15, 0.2) is 16.6 Å². The van der Waals surface area contributed by atoms with Crippen LogP contribution in [-0.2, 0) is 9.63 Å². The lowest BCUT2D eigenvalue weighted by Crippen LogP contribution is -2.10. The SMILES string of the molecule is CON=C(C(C)=O)c1cnc(N)s1. The summed E-state index contributed by atoms with van der Waals surface area (Å²) in [4.78, 5) is 20.0. The monoisotopic (exact) mass is 199 g/mol. The van der Waals surface area contributed by atoms with Gasteiger partial charge in [0.1, 0.15) is 7.11 Å². The highest BCUT2D eigenvalue weighted by Crippen LogP contribution is 2.15. The molecule has 2 N–H and O–H groups in total. The summed E-state index contributed by atoms with van der Waals surface area (Å²) in [6.45, 7) is 1.41. The number of carbonyl (C=O) groups is 1. The van der Waals surface area contributed by atoms with E-state index in [0.29, 0.717) is 10.0 Å². The molecule has 13 heavy (non-hydrogen) atoms. The third-order valence-electron chi connectivity index (χ3n) is 1.27. The molecule has 0 aliphatic carbocycles. The van der Waals surface area contributed by atoms with Gasteiger partial charge in [0.05, 0.1) is 4.88 Å². The zero-order valence-electron chi connectivity index (χ0n) is 7.27. The summed E-state index contributed by atoms with van der Waals surface area (Å²) >= 11 is 1.20. The first kappa shape index (κ1) is 9.66. The molecule has 1 aromatic heterocycles. The van der Waals surface area contributed by atoms with Gasteiger partial charge in [-0.2, -0.15) is 0 Å². The summed E-state index contributed by atoms with van der Waals surface area (Å²) in [5, 5.41) is 3.99. The van der Waals surface area contributed by atoms with Crippen LogP contribution in [0.25, 0.3) is 0 Å². The van der Waals surface area contributed by atoms with E-state index in [-0.39, 0.29) is 11.5 Å². The molecule has 0 amide bonds. The van der Waals surface area contributed by atoms with Crippen LogP contribution < -0.4 is 5.73 Å². The Morgan fingerprint density at radius 2 is 2.46 bits per heavy atom. The lowest BCUT2D eigenvalue weighted by atomic mass is 10.2. The third kappa shape index (κ3) is 2.25. The standard InChI is InChI=1S/C7H9N3O2S/c1-4(11)6(10-12-2)5-3-9-7(8)13-5/h3H,1-2H3,(H2,8,9). The van der Waals surface area contributed by atoms with E-state index in [1.807, 2.05) is 0 Å². The number of aromatic nitrogens is 1. The number of nitrogens with zero attached hydrogens (tertiary/aromatic N) is 2. The lowest BCUT2D eigenvalue weighted by molar-refractivity contribution is -0.111. The molecule has 0 bridgehead atoms. The van der Waals surface area contributed by atoms with E-state index in [1.165, 1.54) is 31.6 Å². The van der Waals surface area contributed by atoms with Crippen LogP contribution in [0, 0.1) is 0 Å². The number of nitrogens with two attached hydrogens (primary N) is 1. The maximum absolute atomic E-state index is 11.1. The number of Topliss-reactive ketones (excluding diaryl/α,β-unsaturated/α-hetero) is 1. The van der Waals surface area contributed by atoms with E-state index in [0.717, 1.165) is 0 Å². The Bertz CT molecular complexity index is 345. The minimum absolute atomic E-state index is 0.175. The van der Waals surface area contributed by atoms with E-state index < -0.39 is 0 Å². The molecular weight excluding hydrogens is 190 g/mol. The molecule has 0 aliphatic rings. The van der Waals surface area contributed by atoms with E-state index >= 15 is 0 Å². The number of oxime groups is 1. The second-order valence-electron chi connectivity index (χ2n) is 2.24. The Balaban J connectivity index is 3.02. The van der Waals surface area contributed by atoms with Gasteiger partial charge in [-0.1, -0.05) is 16.5 Å². The van der Waals surface area contributed by atoms with Crippen LogP contribution in [0.3, 0.4) is 0 Å². The molecule has 1 rings (SSSR count). The summed E-state index contributed by atoms with van der Waals surface area (Å²) in [5.74, 6) is -0.175. The van der Waals surface area contributed by atoms with Gasteiger partial charge in [-0.05, 0) is 0 Å². The van der Waals surface area contributed by atoms with Crippen molar-refractivity contribution < 1.29 is 9.63 Å².